The van der Waals surface area contributed by atoms with Gasteiger partial charge >= 0.3 is 0 Å². The molecule has 20 heavy (non-hydrogen) atoms. The fourth-order valence-electron chi connectivity index (χ4n) is 2.09. The lowest BCUT2D eigenvalue weighted by Crippen LogP contribution is -2.11. The summed E-state index contributed by atoms with van der Waals surface area (Å²) >= 11 is 3.47. The second kappa shape index (κ2) is 4.90. The van der Waals surface area contributed by atoms with Gasteiger partial charge in [0.05, 0.1) is 5.69 Å². The maximum Gasteiger partial charge on any atom is 0.192 e. The lowest BCUT2D eigenvalue weighted by atomic mass is 10.2. The van der Waals surface area contributed by atoms with Crippen molar-refractivity contribution >= 4 is 38.5 Å². The van der Waals surface area contributed by atoms with E-state index >= 15 is 0 Å². The molecule has 102 valence electrons. The van der Waals surface area contributed by atoms with Crippen LogP contribution in [0.3, 0.4) is 0 Å². The van der Waals surface area contributed by atoms with E-state index in [1.165, 1.54) is 0 Å². The van der Waals surface area contributed by atoms with Crippen LogP contribution in [0.2, 0.25) is 0 Å². The minimum absolute atomic E-state index is 0.678. The van der Waals surface area contributed by atoms with Crippen molar-refractivity contribution in [1.82, 2.24) is 9.97 Å². The summed E-state index contributed by atoms with van der Waals surface area (Å²) in [5.41, 5.74) is 3.66. The molecule has 5 heteroatoms. The summed E-state index contributed by atoms with van der Waals surface area (Å²) in [7, 11) is 1.99. The average Bonchev–Trinajstić information content (AvgIpc) is 2.80. The Kier molecular flexibility index (Phi) is 3.22. The first kappa shape index (κ1) is 13.1. The first-order chi connectivity index (χ1) is 9.54. The third kappa shape index (κ3) is 2.29. The van der Waals surface area contributed by atoms with Crippen molar-refractivity contribution in [2.75, 3.05) is 11.9 Å². The first-order valence-corrected chi connectivity index (χ1v) is 7.08. The molecule has 0 saturated heterocycles. The predicted octanol–water partition coefficient (Wildman–Crippen LogP) is 4.37. The largest absolute Gasteiger partial charge is 0.441 e. The number of hydrogen-bond acceptors (Lipinski definition) is 4. The van der Waals surface area contributed by atoms with Gasteiger partial charge in [0.15, 0.2) is 11.5 Å². The van der Waals surface area contributed by atoms with E-state index in [9.17, 15) is 0 Å². The summed E-state index contributed by atoms with van der Waals surface area (Å²) < 4.78 is 6.50. The Hall–Kier alpha value is -1.88. The van der Waals surface area contributed by atoms with Crippen LogP contribution in [-0.2, 0) is 0 Å². The van der Waals surface area contributed by atoms with Gasteiger partial charge < -0.3 is 9.32 Å². The molecule has 0 saturated carbocycles. The molecule has 0 N–H and O–H groups in total. The van der Waals surface area contributed by atoms with Crippen molar-refractivity contribution < 1.29 is 4.42 Å². The summed E-state index contributed by atoms with van der Waals surface area (Å²) in [5, 5.41) is 0. The Bertz CT molecular complexity index is 782. The molecule has 3 rings (SSSR count). The molecule has 2 aromatic heterocycles. The SMILES string of the molecule is Cc1nc2cc(N(C)c3ccc(Br)c(C)n3)ccc2o1. The zero-order valence-corrected chi connectivity index (χ0v) is 13.1. The van der Waals surface area contributed by atoms with Crippen LogP contribution in [0.1, 0.15) is 11.6 Å². The molecule has 2 heterocycles. The van der Waals surface area contributed by atoms with Crippen LogP contribution in [0.5, 0.6) is 0 Å². The van der Waals surface area contributed by atoms with E-state index in [2.05, 4.69) is 25.9 Å². The van der Waals surface area contributed by atoms with Crippen LogP contribution in [0, 0.1) is 13.8 Å². The van der Waals surface area contributed by atoms with Gasteiger partial charge in [-0.2, -0.15) is 0 Å². The van der Waals surface area contributed by atoms with Gasteiger partial charge in [-0.1, -0.05) is 0 Å². The Morgan fingerprint density at radius 3 is 2.65 bits per heavy atom. The van der Waals surface area contributed by atoms with Crippen LogP contribution >= 0.6 is 15.9 Å². The molecular formula is C15H14BrN3O. The van der Waals surface area contributed by atoms with E-state index in [0.717, 1.165) is 32.8 Å². The van der Waals surface area contributed by atoms with Crippen LogP contribution < -0.4 is 4.90 Å². The second-order valence-corrected chi connectivity index (χ2v) is 5.53. The molecular weight excluding hydrogens is 318 g/mol. The Labute approximate surface area is 125 Å². The number of fused-ring (bicyclic) bond motifs is 1. The van der Waals surface area contributed by atoms with E-state index < -0.39 is 0 Å². The van der Waals surface area contributed by atoms with Crippen LogP contribution in [0.15, 0.2) is 39.2 Å². The highest BCUT2D eigenvalue weighted by atomic mass is 79.9. The van der Waals surface area contributed by atoms with Crippen LogP contribution in [-0.4, -0.2) is 17.0 Å². The van der Waals surface area contributed by atoms with Crippen molar-refractivity contribution in [3.05, 3.63) is 46.4 Å². The average molecular weight is 332 g/mol. The Balaban J connectivity index is 2.02. The summed E-state index contributed by atoms with van der Waals surface area (Å²) in [6.45, 7) is 3.83. The van der Waals surface area contributed by atoms with Crippen LogP contribution in [0.4, 0.5) is 11.5 Å². The summed E-state index contributed by atoms with van der Waals surface area (Å²) in [6, 6.07) is 9.94. The standard InChI is InChI=1S/C15H14BrN3O/c1-9-12(16)5-7-15(17-9)19(3)11-4-6-14-13(8-11)18-10(2)20-14/h4-8H,1-3H3. The lowest BCUT2D eigenvalue weighted by molar-refractivity contribution is 0.561. The third-order valence-corrected chi connectivity index (χ3v) is 4.05. The highest BCUT2D eigenvalue weighted by Gasteiger charge is 2.10. The number of rotatable bonds is 2. The zero-order chi connectivity index (χ0) is 14.3. The van der Waals surface area contributed by atoms with Gasteiger partial charge in [0, 0.05) is 24.1 Å². The normalized spacial score (nSPS) is 11.0. The van der Waals surface area contributed by atoms with Gasteiger partial charge in [0.1, 0.15) is 11.3 Å². The van der Waals surface area contributed by atoms with Gasteiger partial charge in [0.2, 0.25) is 0 Å². The number of aryl methyl sites for hydroxylation is 2. The number of anilines is 2. The Morgan fingerprint density at radius 1 is 1.10 bits per heavy atom. The van der Waals surface area contributed by atoms with Crippen molar-refractivity contribution in [2.24, 2.45) is 0 Å². The fraction of sp³-hybridized carbons (Fsp3) is 0.200. The number of pyridine rings is 1. The van der Waals surface area contributed by atoms with E-state index in [4.69, 9.17) is 4.42 Å². The fourth-order valence-corrected chi connectivity index (χ4v) is 2.31. The number of nitrogens with zero attached hydrogens (tertiary/aromatic N) is 3. The molecule has 0 fully saturated rings. The summed E-state index contributed by atoms with van der Waals surface area (Å²) in [5.74, 6) is 1.57. The number of oxazole rings is 1. The second-order valence-electron chi connectivity index (χ2n) is 4.68. The smallest absolute Gasteiger partial charge is 0.192 e. The van der Waals surface area contributed by atoms with Crippen molar-refractivity contribution in [3.8, 4) is 0 Å². The number of aromatic nitrogens is 2. The molecule has 0 atom stereocenters. The third-order valence-electron chi connectivity index (χ3n) is 3.22. The monoisotopic (exact) mass is 331 g/mol. The lowest BCUT2D eigenvalue weighted by Gasteiger charge is -2.18. The molecule has 0 spiro atoms. The molecule has 0 unspecified atom stereocenters. The number of halogens is 1. The zero-order valence-electron chi connectivity index (χ0n) is 11.5. The molecule has 0 bridgehead atoms. The molecule has 0 aliphatic carbocycles. The molecule has 1 aromatic carbocycles. The molecule has 4 nitrogen and oxygen atoms in total. The maximum atomic E-state index is 5.49. The molecule has 0 radical (unpaired) electrons. The molecule has 0 aliphatic rings. The van der Waals surface area contributed by atoms with Crippen LogP contribution in [0.25, 0.3) is 11.1 Å². The van der Waals surface area contributed by atoms with Gasteiger partial charge in [-0.15, -0.1) is 0 Å². The van der Waals surface area contributed by atoms with E-state index in [0.29, 0.717) is 5.89 Å². The van der Waals surface area contributed by atoms with Crippen molar-refractivity contribution in [3.63, 3.8) is 0 Å². The first-order valence-electron chi connectivity index (χ1n) is 6.28. The quantitative estimate of drug-likeness (QED) is 0.699. The highest BCUT2D eigenvalue weighted by Crippen LogP contribution is 2.27. The summed E-state index contributed by atoms with van der Waals surface area (Å²) in [6.07, 6.45) is 0. The van der Waals surface area contributed by atoms with Gasteiger partial charge in [-0.05, 0) is 53.2 Å². The Morgan fingerprint density at radius 2 is 1.90 bits per heavy atom. The van der Waals surface area contributed by atoms with Gasteiger partial charge in [0.25, 0.3) is 0 Å². The predicted molar refractivity (Wildman–Crippen MR) is 83.5 cm³/mol. The van der Waals surface area contributed by atoms with Crippen molar-refractivity contribution in [2.45, 2.75) is 13.8 Å². The number of benzene rings is 1. The topological polar surface area (TPSA) is 42.2 Å². The minimum atomic E-state index is 0.678. The molecule has 0 aliphatic heterocycles. The van der Waals surface area contributed by atoms with Gasteiger partial charge in [-0.3, -0.25) is 0 Å². The van der Waals surface area contributed by atoms with Crippen molar-refractivity contribution in [1.29, 1.82) is 0 Å². The van der Waals surface area contributed by atoms with E-state index in [-0.39, 0.29) is 0 Å². The molecule has 3 aromatic rings. The van der Waals surface area contributed by atoms with E-state index in [1.807, 2.05) is 56.1 Å². The maximum absolute atomic E-state index is 5.49. The molecule has 0 amide bonds. The van der Waals surface area contributed by atoms with Gasteiger partial charge in [-0.25, -0.2) is 9.97 Å². The van der Waals surface area contributed by atoms with E-state index in [1.54, 1.807) is 0 Å². The highest BCUT2D eigenvalue weighted by molar-refractivity contribution is 9.10. The number of hydrogen-bond donors (Lipinski definition) is 0. The minimum Gasteiger partial charge on any atom is -0.441 e. The summed E-state index contributed by atoms with van der Waals surface area (Å²) in [4.78, 5) is 11.0.